The van der Waals surface area contributed by atoms with Crippen LogP contribution in [0.25, 0.3) is 0 Å². The van der Waals surface area contributed by atoms with Crippen LogP contribution < -0.4 is 5.73 Å². The van der Waals surface area contributed by atoms with Gasteiger partial charge in [-0.05, 0) is 25.7 Å². The molecule has 0 aromatic heterocycles. The summed E-state index contributed by atoms with van der Waals surface area (Å²) in [6, 6.07) is 0. The number of nitrogens with two attached hydrogens (primary N) is 1. The fourth-order valence-electron chi connectivity index (χ4n) is 1.62. The quantitative estimate of drug-likeness (QED) is 0.546. The van der Waals surface area contributed by atoms with Crippen LogP contribution in [0, 0.1) is 12.3 Å². The first-order valence-electron chi connectivity index (χ1n) is 4.78. The van der Waals surface area contributed by atoms with E-state index >= 15 is 0 Å². The Labute approximate surface area is 75.0 Å². The largest absolute Gasteiger partial charge is 0.401 e. The zero-order chi connectivity index (χ0) is 8.81. The Morgan fingerprint density at radius 3 is 2.25 bits per heavy atom. The molecule has 0 radical (unpaired) electrons. The number of terminal acetylenes is 1. The van der Waals surface area contributed by atoms with E-state index in [1.807, 2.05) is 0 Å². The van der Waals surface area contributed by atoms with Crippen molar-refractivity contribution in [2.24, 2.45) is 5.73 Å². The van der Waals surface area contributed by atoms with E-state index in [1.165, 1.54) is 32.1 Å². The minimum absolute atomic E-state index is 0.958. The molecule has 0 bridgehead atoms. The van der Waals surface area contributed by atoms with Crippen LogP contribution in [-0.2, 0) is 0 Å². The van der Waals surface area contributed by atoms with E-state index in [0.29, 0.717) is 0 Å². The third kappa shape index (κ3) is 2.62. The first kappa shape index (κ1) is 9.19. The lowest BCUT2D eigenvalue weighted by Crippen LogP contribution is -2.01. The Morgan fingerprint density at radius 1 is 1.00 bits per heavy atom. The summed E-state index contributed by atoms with van der Waals surface area (Å²) < 4.78 is 0. The highest BCUT2D eigenvalue weighted by Crippen LogP contribution is 2.18. The van der Waals surface area contributed by atoms with Gasteiger partial charge in [-0.15, -0.1) is 6.42 Å². The van der Waals surface area contributed by atoms with Crippen molar-refractivity contribution in [2.45, 2.75) is 44.9 Å². The van der Waals surface area contributed by atoms with E-state index in [2.05, 4.69) is 5.92 Å². The fourth-order valence-corrected chi connectivity index (χ4v) is 1.62. The molecule has 1 aliphatic rings. The van der Waals surface area contributed by atoms with Crippen molar-refractivity contribution in [1.29, 1.82) is 0 Å². The molecule has 1 rings (SSSR count). The van der Waals surface area contributed by atoms with Gasteiger partial charge in [-0.2, -0.15) is 0 Å². The van der Waals surface area contributed by atoms with Gasteiger partial charge >= 0.3 is 0 Å². The maximum atomic E-state index is 5.87. The smallest absolute Gasteiger partial charge is 0.0205 e. The van der Waals surface area contributed by atoms with Gasteiger partial charge in [0.15, 0.2) is 0 Å². The Bertz CT molecular complexity index is 208. The fraction of sp³-hybridized carbons (Fsp3) is 0.636. The monoisotopic (exact) mass is 163 g/mol. The molecule has 0 aromatic rings. The standard InChI is InChI=1S/C11H17N/c1-2-10-8-6-4-3-5-7-9-11(10)12/h1H,3-9,12H2/b11-10+. The maximum absolute atomic E-state index is 5.87. The Morgan fingerprint density at radius 2 is 1.58 bits per heavy atom. The van der Waals surface area contributed by atoms with E-state index < -0.39 is 0 Å². The van der Waals surface area contributed by atoms with E-state index in [4.69, 9.17) is 12.2 Å². The highest BCUT2D eigenvalue weighted by atomic mass is 14.6. The molecule has 2 N–H and O–H groups in total. The van der Waals surface area contributed by atoms with Crippen LogP contribution in [0.3, 0.4) is 0 Å². The number of hydrogen-bond acceptors (Lipinski definition) is 1. The molecule has 12 heavy (non-hydrogen) atoms. The zero-order valence-corrected chi connectivity index (χ0v) is 7.60. The van der Waals surface area contributed by atoms with Gasteiger partial charge in [-0.3, -0.25) is 0 Å². The minimum atomic E-state index is 0.958. The first-order chi connectivity index (χ1) is 5.84. The van der Waals surface area contributed by atoms with Crippen molar-refractivity contribution >= 4 is 0 Å². The number of hydrogen-bond donors (Lipinski definition) is 1. The van der Waals surface area contributed by atoms with Crippen molar-refractivity contribution in [2.75, 3.05) is 0 Å². The van der Waals surface area contributed by atoms with Gasteiger partial charge in [0.2, 0.25) is 0 Å². The van der Waals surface area contributed by atoms with Crippen LogP contribution in [-0.4, -0.2) is 0 Å². The lowest BCUT2D eigenvalue weighted by atomic mass is 10.1. The average Bonchev–Trinajstić information content (AvgIpc) is 2.17. The second-order valence-electron chi connectivity index (χ2n) is 3.42. The molecule has 0 amide bonds. The van der Waals surface area contributed by atoms with E-state index in [0.717, 1.165) is 24.1 Å². The highest BCUT2D eigenvalue weighted by Gasteiger charge is 2.03. The van der Waals surface area contributed by atoms with E-state index in [-0.39, 0.29) is 0 Å². The van der Waals surface area contributed by atoms with Crippen molar-refractivity contribution < 1.29 is 0 Å². The summed E-state index contributed by atoms with van der Waals surface area (Å²) in [7, 11) is 0. The van der Waals surface area contributed by atoms with Crippen molar-refractivity contribution in [3.63, 3.8) is 0 Å². The summed E-state index contributed by atoms with van der Waals surface area (Å²) in [6.45, 7) is 0. The van der Waals surface area contributed by atoms with Gasteiger partial charge in [-0.1, -0.05) is 25.2 Å². The molecular formula is C11H17N. The summed E-state index contributed by atoms with van der Waals surface area (Å²) in [5.74, 6) is 2.70. The van der Waals surface area contributed by atoms with Crippen LogP contribution in [0.2, 0.25) is 0 Å². The third-order valence-electron chi connectivity index (χ3n) is 2.43. The molecule has 1 heteroatoms. The first-order valence-corrected chi connectivity index (χ1v) is 4.78. The molecule has 0 saturated carbocycles. The molecule has 0 atom stereocenters. The van der Waals surface area contributed by atoms with Crippen molar-refractivity contribution in [1.82, 2.24) is 0 Å². The maximum Gasteiger partial charge on any atom is 0.0205 e. The van der Waals surface area contributed by atoms with E-state index in [1.54, 1.807) is 0 Å². The van der Waals surface area contributed by atoms with Gasteiger partial charge in [0.25, 0.3) is 0 Å². The summed E-state index contributed by atoms with van der Waals surface area (Å²) >= 11 is 0. The summed E-state index contributed by atoms with van der Waals surface area (Å²) in [6.07, 6.45) is 13.8. The highest BCUT2D eigenvalue weighted by molar-refractivity contribution is 5.29. The second-order valence-corrected chi connectivity index (χ2v) is 3.42. The van der Waals surface area contributed by atoms with Crippen molar-refractivity contribution in [3.05, 3.63) is 11.3 Å². The van der Waals surface area contributed by atoms with Crippen LogP contribution in [0.4, 0.5) is 0 Å². The number of rotatable bonds is 0. The normalized spacial score (nSPS) is 26.6. The minimum Gasteiger partial charge on any atom is -0.401 e. The molecule has 0 aliphatic heterocycles. The molecule has 1 aliphatic carbocycles. The summed E-state index contributed by atoms with van der Waals surface area (Å²) in [4.78, 5) is 0. The SMILES string of the molecule is C#C/C1=C(\N)CCCCCCC1. The molecular weight excluding hydrogens is 146 g/mol. The van der Waals surface area contributed by atoms with Crippen LogP contribution in [0.1, 0.15) is 44.9 Å². The number of allylic oxidation sites excluding steroid dienone is 2. The molecule has 66 valence electrons. The Hall–Kier alpha value is -0.900. The average molecular weight is 163 g/mol. The molecule has 0 heterocycles. The van der Waals surface area contributed by atoms with Crippen LogP contribution in [0.15, 0.2) is 11.3 Å². The van der Waals surface area contributed by atoms with Gasteiger partial charge in [-0.25, -0.2) is 0 Å². The Kier molecular flexibility index (Phi) is 3.73. The lowest BCUT2D eigenvalue weighted by molar-refractivity contribution is 0.627. The molecule has 0 unspecified atom stereocenters. The predicted molar refractivity (Wildman–Crippen MR) is 52.4 cm³/mol. The Balaban J connectivity index is 2.61. The van der Waals surface area contributed by atoms with Crippen LogP contribution in [0.5, 0.6) is 0 Å². The van der Waals surface area contributed by atoms with Gasteiger partial charge < -0.3 is 5.73 Å². The lowest BCUT2D eigenvalue weighted by Gasteiger charge is -2.03. The molecule has 1 nitrogen and oxygen atoms in total. The van der Waals surface area contributed by atoms with Crippen molar-refractivity contribution in [3.8, 4) is 12.3 Å². The molecule has 0 fully saturated rings. The van der Waals surface area contributed by atoms with Gasteiger partial charge in [0, 0.05) is 11.3 Å². The topological polar surface area (TPSA) is 26.0 Å². The zero-order valence-electron chi connectivity index (χ0n) is 7.60. The second kappa shape index (κ2) is 4.87. The van der Waals surface area contributed by atoms with Gasteiger partial charge in [0.05, 0.1) is 0 Å². The summed E-state index contributed by atoms with van der Waals surface area (Å²) in [5, 5.41) is 0. The molecule has 0 spiro atoms. The third-order valence-corrected chi connectivity index (χ3v) is 2.43. The molecule has 0 aromatic carbocycles. The summed E-state index contributed by atoms with van der Waals surface area (Å²) in [5.41, 5.74) is 7.88. The van der Waals surface area contributed by atoms with Crippen LogP contribution >= 0.6 is 0 Å². The van der Waals surface area contributed by atoms with Gasteiger partial charge in [0.1, 0.15) is 0 Å². The van der Waals surface area contributed by atoms with E-state index in [9.17, 15) is 0 Å². The molecule has 0 saturated heterocycles. The predicted octanol–water partition coefficient (Wildman–Crippen LogP) is 2.58.